The van der Waals surface area contributed by atoms with Crippen molar-refractivity contribution >= 4 is 15.9 Å². The Morgan fingerprint density at radius 1 is 1.38 bits per heavy atom. The first-order valence-electron chi connectivity index (χ1n) is 7.15. The van der Waals surface area contributed by atoms with E-state index in [4.69, 9.17) is 0 Å². The minimum Gasteiger partial charge on any atom is -0.346 e. The van der Waals surface area contributed by atoms with Crippen LogP contribution in [0, 0.1) is 12.7 Å². The van der Waals surface area contributed by atoms with Crippen molar-refractivity contribution in [1.29, 1.82) is 0 Å². The summed E-state index contributed by atoms with van der Waals surface area (Å²) in [4.78, 5) is 11.3. The molecule has 5 nitrogen and oxygen atoms in total. The third-order valence-electron chi connectivity index (χ3n) is 3.64. The van der Waals surface area contributed by atoms with Crippen molar-refractivity contribution in [2.24, 2.45) is 0 Å². The van der Waals surface area contributed by atoms with Crippen LogP contribution in [-0.4, -0.2) is 43.9 Å². The van der Waals surface area contributed by atoms with Crippen LogP contribution >= 0.6 is 0 Å². The SMILES string of the molecule is Cc1ccc(F)c(S(=O)(=O)N2CCCC2C(=O)NCC(F)(F)F)c1. The maximum Gasteiger partial charge on any atom is 0.405 e. The molecule has 1 aromatic rings. The molecule has 0 bridgehead atoms. The Balaban J connectivity index is 2.26. The van der Waals surface area contributed by atoms with Gasteiger partial charge in [0.1, 0.15) is 23.3 Å². The zero-order valence-corrected chi connectivity index (χ0v) is 13.5. The fraction of sp³-hybridized carbons (Fsp3) is 0.500. The number of nitrogens with zero attached hydrogens (tertiary/aromatic N) is 1. The Labute approximate surface area is 136 Å². The van der Waals surface area contributed by atoms with E-state index in [1.165, 1.54) is 6.07 Å². The molecule has 0 aromatic heterocycles. The Morgan fingerprint density at radius 2 is 2.04 bits per heavy atom. The predicted octanol–water partition coefficient (Wildman–Crippen LogP) is 1.97. The van der Waals surface area contributed by atoms with Gasteiger partial charge in [0.25, 0.3) is 0 Å². The molecule has 1 fully saturated rings. The van der Waals surface area contributed by atoms with Gasteiger partial charge >= 0.3 is 6.18 Å². The molecule has 0 saturated carbocycles. The van der Waals surface area contributed by atoms with Crippen LogP contribution in [0.25, 0.3) is 0 Å². The van der Waals surface area contributed by atoms with Crippen molar-refractivity contribution in [3.05, 3.63) is 29.6 Å². The number of hydrogen-bond acceptors (Lipinski definition) is 3. The van der Waals surface area contributed by atoms with Crippen LogP contribution in [-0.2, 0) is 14.8 Å². The van der Waals surface area contributed by atoms with Gasteiger partial charge in [0.05, 0.1) is 0 Å². The van der Waals surface area contributed by atoms with E-state index in [-0.39, 0.29) is 13.0 Å². The van der Waals surface area contributed by atoms with E-state index >= 15 is 0 Å². The molecule has 0 spiro atoms. The third kappa shape index (κ3) is 4.04. The summed E-state index contributed by atoms with van der Waals surface area (Å²) in [6.45, 7) is -0.0230. The molecule has 1 aliphatic heterocycles. The first-order chi connectivity index (χ1) is 11.0. The van der Waals surface area contributed by atoms with E-state index in [0.717, 1.165) is 16.4 Å². The van der Waals surface area contributed by atoms with Gasteiger partial charge in [-0.25, -0.2) is 12.8 Å². The molecule has 10 heteroatoms. The average molecular weight is 368 g/mol. The number of nitrogens with one attached hydrogen (secondary N) is 1. The summed E-state index contributed by atoms with van der Waals surface area (Å²) in [5, 5.41) is 1.68. The van der Waals surface area contributed by atoms with E-state index in [1.54, 1.807) is 12.2 Å². The van der Waals surface area contributed by atoms with Crippen LogP contribution in [0.4, 0.5) is 17.6 Å². The zero-order valence-electron chi connectivity index (χ0n) is 12.7. The molecule has 1 heterocycles. The van der Waals surface area contributed by atoms with Crippen molar-refractivity contribution in [2.45, 2.75) is 36.9 Å². The molecule has 0 radical (unpaired) electrons. The van der Waals surface area contributed by atoms with E-state index in [9.17, 15) is 30.8 Å². The van der Waals surface area contributed by atoms with Gasteiger partial charge in [-0.1, -0.05) is 6.07 Å². The minimum atomic E-state index is -4.60. The number of carbonyl (C=O) groups excluding carboxylic acids is 1. The molecular formula is C14H16F4N2O3S. The third-order valence-corrected chi connectivity index (χ3v) is 5.57. The number of amides is 1. The molecule has 134 valence electrons. The summed E-state index contributed by atoms with van der Waals surface area (Å²) in [5.41, 5.74) is 0.507. The van der Waals surface area contributed by atoms with Gasteiger partial charge in [0.2, 0.25) is 15.9 Å². The molecule has 1 aromatic carbocycles. The van der Waals surface area contributed by atoms with Gasteiger partial charge in [-0.3, -0.25) is 4.79 Å². The first-order valence-corrected chi connectivity index (χ1v) is 8.59. The topological polar surface area (TPSA) is 66.5 Å². The molecule has 2 rings (SSSR count). The number of benzene rings is 1. The molecule has 1 amide bonds. The number of sulfonamides is 1. The highest BCUT2D eigenvalue weighted by molar-refractivity contribution is 7.89. The van der Waals surface area contributed by atoms with E-state index in [1.807, 2.05) is 0 Å². The van der Waals surface area contributed by atoms with Gasteiger partial charge in [-0.15, -0.1) is 0 Å². The van der Waals surface area contributed by atoms with Crippen molar-refractivity contribution in [2.75, 3.05) is 13.1 Å². The highest BCUT2D eigenvalue weighted by Gasteiger charge is 2.41. The lowest BCUT2D eigenvalue weighted by molar-refractivity contribution is -0.140. The van der Waals surface area contributed by atoms with Crippen molar-refractivity contribution in [1.82, 2.24) is 9.62 Å². The van der Waals surface area contributed by atoms with Crippen LogP contribution in [0.5, 0.6) is 0 Å². The quantitative estimate of drug-likeness (QED) is 0.827. The highest BCUT2D eigenvalue weighted by atomic mass is 32.2. The molecule has 24 heavy (non-hydrogen) atoms. The normalized spacial score (nSPS) is 19.5. The maximum absolute atomic E-state index is 13.9. The highest BCUT2D eigenvalue weighted by Crippen LogP contribution is 2.28. The smallest absolute Gasteiger partial charge is 0.346 e. The van der Waals surface area contributed by atoms with Gasteiger partial charge in [0, 0.05) is 6.54 Å². The molecule has 1 N–H and O–H groups in total. The molecule has 1 aliphatic rings. The number of carbonyl (C=O) groups is 1. The molecule has 1 unspecified atom stereocenters. The first kappa shape index (κ1) is 18.7. The van der Waals surface area contributed by atoms with E-state index in [2.05, 4.69) is 0 Å². The summed E-state index contributed by atoms with van der Waals surface area (Å²) < 4.78 is 76.5. The number of hydrogen-bond donors (Lipinski definition) is 1. The Bertz CT molecular complexity index is 734. The minimum absolute atomic E-state index is 0.0557. The van der Waals surface area contributed by atoms with E-state index < -0.39 is 45.4 Å². The van der Waals surface area contributed by atoms with Crippen LogP contribution in [0.15, 0.2) is 23.1 Å². The van der Waals surface area contributed by atoms with Crippen molar-refractivity contribution in [3.63, 3.8) is 0 Å². The fourth-order valence-electron chi connectivity index (χ4n) is 2.53. The number of alkyl halides is 3. The lowest BCUT2D eigenvalue weighted by atomic mass is 10.2. The van der Waals surface area contributed by atoms with Crippen molar-refractivity contribution in [3.8, 4) is 0 Å². The van der Waals surface area contributed by atoms with E-state index in [0.29, 0.717) is 12.0 Å². The number of halogens is 4. The Hall–Kier alpha value is -1.68. The second-order valence-electron chi connectivity index (χ2n) is 5.54. The van der Waals surface area contributed by atoms with Crippen molar-refractivity contribution < 1.29 is 30.8 Å². The Morgan fingerprint density at radius 3 is 2.67 bits per heavy atom. The summed E-state index contributed by atoms with van der Waals surface area (Å²) >= 11 is 0. The van der Waals surface area contributed by atoms with Gasteiger partial charge in [-0.05, 0) is 37.5 Å². The van der Waals surface area contributed by atoms with Gasteiger partial charge in [0.15, 0.2) is 0 Å². The largest absolute Gasteiger partial charge is 0.405 e. The van der Waals surface area contributed by atoms with Gasteiger partial charge < -0.3 is 5.32 Å². The summed E-state index contributed by atoms with van der Waals surface area (Å²) in [7, 11) is -4.32. The molecular weight excluding hydrogens is 352 g/mol. The molecule has 1 saturated heterocycles. The number of rotatable bonds is 4. The Kier molecular flexibility index (Phi) is 5.19. The second kappa shape index (κ2) is 6.67. The second-order valence-corrected chi connectivity index (χ2v) is 7.40. The van der Waals surface area contributed by atoms with Gasteiger partial charge in [-0.2, -0.15) is 17.5 Å². The number of aryl methyl sites for hydroxylation is 1. The summed E-state index contributed by atoms with van der Waals surface area (Å²) in [5.74, 6) is -2.01. The fourth-order valence-corrected chi connectivity index (χ4v) is 4.34. The summed E-state index contributed by atoms with van der Waals surface area (Å²) in [6.07, 6.45) is -4.21. The van der Waals surface area contributed by atoms with Crippen LogP contribution in [0.2, 0.25) is 0 Å². The lowest BCUT2D eigenvalue weighted by Crippen LogP contribution is -2.48. The monoisotopic (exact) mass is 368 g/mol. The predicted molar refractivity (Wildman–Crippen MR) is 77.1 cm³/mol. The standard InChI is InChI=1S/C14H16F4N2O3S/c1-9-4-5-10(15)12(7-9)24(22,23)20-6-2-3-11(20)13(21)19-8-14(16,17)18/h4-5,7,11H,2-3,6,8H2,1H3,(H,19,21). The van der Waals surface area contributed by atoms with Crippen LogP contribution in [0.1, 0.15) is 18.4 Å². The lowest BCUT2D eigenvalue weighted by Gasteiger charge is -2.24. The maximum atomic E-state index is 13.9. The molecule has 1 atom stereocenters. The average Bonchev–Trinajstić information content (AvgIpc) is 2.96. The zero-order chi connectivity index (χ0) is 18.1. The molecule has 0 aliphatic carbocycles. The van der Waals surface area contributed by atoms with Crippen LogP contribution in [0.3, 0.4) is 0 Å². The summed E-state index contributed by atoms with van der Waals surface area (Å²) in [6, 6.07) is 2.24. The van der Waals surface area contributed by atoms with Crippen LogP contribution < -0.4 is 5.32 Å².